The summed E-state index contributed by atoms with van der Waals surface area (Å²) in [5, 5.41) is 40.0. The van der Waals surface area contributed by atoms with Crippen LogP contribution in [0.25, 0.3) is 0 Å². The highest BCUT2D eigenvalue weighted by Crippen LogP contribution is 2.14. The number of aliphatic hydroxyl groups excluding tert-OH is 4. The van der Waals surface area contributed by atoms with Crippen LogP contribution in [0.3, 0.4) is 0 Å². The maximum absolute atomic E-state index is 12.2. The molecule has 6 nitrogen and oxygen atoms in total. The van der Waals surface area contributed by atoms with Crippen molar-refractivity contribution in [3.63, 3.8) is 0 Å². The van der Waals surface area contributed by atoms with Gasteiger partial charge in [-0.3, -0.25) is 0 Å². The van der Waals surface area contributed by atoms with Crippen LogP contribution < -0.4 is 0 Å². The molecule has 0 aromatic carbocycles. The summed E-state index contributed by atoms with van der Waals surface area (Å²) in [6.07, 6.45) is 8.45. The Bertz CT molecular complexity index is 432. The Morgan fingerprint density at radius 1 is 0.517 bits per heavy atom. The summed E-state index contributed by atoms with van der Waals surface area (Å²) in [4.78, 5) is 0. The van der Waals surface area contributed by atoms with Gasteiger partial charge in [-0.05, 0) is 12.8 Å². The van der Waals surface area contributed by atoms with Gasteiger partial charge in [0.25, 0.3) is 0 Å². The molecule has 4 atom stereocenters. The first-order chi connectivity index (χ1) is 13.7. The lowest BCUT2D eigenvalue weighted by molar-refractivity contribution is 0.0224. The lowest BCUT2D eigenvalue weighted by atomic mass is 10.0. The Hall–Kier alpha value is -0.210. The Balaban J connectivity index is 4.11. The van der Waals surface area contributed by atoms with Crippen LogP contribution in [0.5, 0.6) is 0 Å². The van der Waals surface area contributed by atoms with Gasteiger partial charge in [-0.1, -0.05) is 90.9 Å². The van der Waals surface area contributed by atoms with E-state index in [0.29, 0.717) is 12.8 Å². The quantitative estimate of drug-likeness (QED) is 0.217. The molecule has 0 radical (unpaired) electrons. The summed E-state index contributed by atoms with van der Waals surface area (Å²) in [6.45, 7) is 4.29. The molecule has 0 saturated carbocycles. The van der Waals surface area contributed by atoms with E-state index >= 15 is 0 Å². The van der Waals surface area contributed by atoms with Crippen LogP contribution in [0.2, 0.25) is 0 Å². The fourth-order valence-corrected chi connectivity index (χ4v) is 5.08. The first-order valence-electron chi connectivity index (χ1n) is 11.7. The molecule has 0 bridgehead atoms. The van der Waals surface area contributed by atoms with Crippen molar-refractivity contribution >= 4 is 9.84 Å². The maximum atomic E-state index is 12.2. The van der Waals surface area contributed by atoms with Gasteiger partial charge < -0.3 is 20.4 Å². The molecule has 0 aromatic rings. The summed E-state index contributed by atoms with van der Waals surface area (Å²) in [6, 6.07) is 0. The van der Waals surface area contributed by atoms with E-state index < -0.39 is 45.8 Å². The summed E-state index contributed by atoms with van der Waals surface area (Å²) >= 11 is 0. The minimum Gasteiger partial charge on any atom is -0.390 e. The lowest BCUT2D eigenvalue weighted by Gasteiger charge is -2.21. The van der Waals surface area contributed by atoms with Gasteiger partial charge in [0.15, 0.2) is 9.84 Å². The minimum atomic E-state index is -3.78. The van der Waals surface area contributed by atoms with Gasteiger partial charge in [-0.25, -0.2) is 8.42 Å². The molecule has 0 aliphatic heterocycles. The van der Waals surface area contributed by atoms with E-state index in [2.05, 4.69) is 13.8 Å². The zero-order valence-corrected chi connectivity index (χ0v) is 19.5. The van der Waals surface area contributed by atoms with E-state index in [4.69, 9.17) is 0 Å². The van der Waals surface area contributed by atoms with E-state index in [-0.39, 0.29) is 0 Å². The standard InChI is InChI=1S/C22H46O6S/c1-3-5-7-9-11-13-15-19(23)21(25)17-29(27,28)18-22(26)20(24)16-14-12-10-8-6-4-2/h19-26H,3-18H2,1-2H3. The molecule has 0 heterocycles. The van der Waals surface area contributed by atoms with Crippen LogP contribution in [0.4, 0.5) is 0 Å². The van der Waals surface area contributed by atoms with Gasteiger partial charge in [0.1, 0.15) is 0 Å². The van der Waals surface area contributed by atoms with Gasteiger partial charge in [-0.2, -0.15) is 0 Å². The van der Waals surface area contributed by atoms with Crippen molar-refractivity contribution in [3.8, 4) is 0 Å². The normalized spacial score (nSPS) is 16.5. The van der Waals surface area contributed by atoms with E-state index in [0.717, 1.165) is 51.4 Å². The van der Waals surface area contributed by atoms with E-state index in [1.165, 1.54) is 25.7 Å². The van der Waals surface area contributed by atoms with Crippen molar-refractivity contribution in [3.05, 3.63) is 0 Å². The second-order valence-electron chi connectivity index (χ2n) is 8.46. The summed E-state index contributed by atoms with van der Waals surface area (Å²) in [5.74, 6) is -1.18. The first-order valence-corrected chi connectivity index (χ1v) is 13.5. The molecule has 0 spiro atoms. The van der Waals surface area contributed by atoms with Gasteiger partial charge in [-0.15, -0.1) is 0 Å². The molecule has 0 rings (SSSR count). The minimum absolute atomic E-state index is 0.367. The molecule has 7 heteroatoms. The molecule has 0 aromatic heterocycles. The zero-order valence-electron chi connectivity index (χ0n) is 18.6. The zero-order chi connectivity index (χ0) is 22.1. The largest absolute Gasteiger partial charge is 0.390 e. The van der Waals surface area contributed by atoms with Crippen molar-refractivity contribution in [1.29, 1.82) is 0 Å². The number of sulfone groups is 1. The van der Waals surface area contributed by atoms with Gasteiger partial charge in [0, 0.05) is 0 Å². The van der Waals surface area contributed by atoms with E-state index in [9.17, 15) is 28.8 Å². The third kappa shape index (κ3) is 16.2. The smallest absolute Gasteiger partial charge is 0.155 e. The third-order valence-electron chi connectivity index (χ3n) is 5.44. The van der Waals surface area contributed by atoms with Crippen LogP contribution in [0.15, 0.2) is 0 Å². The molecule has 0 aliphatic carbocycles. The average Bonchev–Trinajstić information content (AvgIpc) is 2.66. The molecule has 4 N–H and O–H groups in total. The fraction of sp³-hybridized carbons (Fsp3) is 1.00. The van der Waals surface area contributed by atoms with Crippen LogP contribution in [0.1, 0.15) is 104 Å². The van der Waals surface area contributed by atoms with Crippen molar-refractivity contribution in [2.45, 2.75) is 128 Å². The fourth-order valence-electron chi connectivity index (χ4n) is 3.46. The summed E-state index contributed by atoms with van der Waals surface area (Å²) in [7, 11) is -3.78. The topological polar surface area (TPSA) is 115 Å². The predicted molar refractivity (Wildman–Crippen MR) is 119 cm³/mol. The average molecular weight is 439 g/mol. The monoisotopic (exact) mass is 438 g/mol. The second-order valence-corrected chi connectivity index (χ2v) is 10.6. The van der Waals surface area contributed by atoms with Crippen LogP contribution in [-0.4, -0.2) is 64.8 Å². The number of hydrogen-bond donors (Lipinski definition) is 4. The number of rotatable bonds is 20. The van der Waals surface area contributed by atoms with Crippen LogP contribution in [-0.2, 0) is 9.84 Å². The highest BCUT2D eigenvalue weighted by atomic mass is 32.2. The van der Waals surface area contributed by atoms with Gasteiger partial charge >= 0.3 is 0 Å². The van der Waals surface area contributed by atoms with Crippen molar-refractivity contribution in [2.75, 3.05) is 11.5 Å². The number of aliphatic hydroxyl groups is 4. The highest BCUT2D eigenvalue weighted by molar-refractivity contribution is 7.91. The molecule has 176 valence electrons. The predicted octanol–water partition coefficient (Wildman–Crippen LogP) is 3.35. The van der Waals surface area contributed by atoms with Crippen molar-refractivity contribution in [1.82, 2.24) is 0 Å². The lowest BCUT2D eigenvalue weighted by Crippen LogP contribution is -2.39. The molecule has 29 heavy (non-hydrogen) atoms. The van der Waals surface area contributed by atoms with Crippen molar-refractivity contribution in [2.24, 2.45) is 0 Å². The van der Waals surface area contributed by atoms with E-state index in [1.54, 1.807) is 0 Å². The SMILES string of the molecule is CCCCCCCCC(O)C(O)CS(=O)(=O)CC(O)C(O)CCCCCCCC. The number of hydrogen-bond acceptors (Lipinski definition) is 6. The third-order valence-corrected chi connectivity index (χ3v) is 7.14. The molecule has 0 fully saturated rings. The molecular weight excluding hydrogens is 392 g/mol. The van der Waals surface area contributed by atoms with Gasteiger partial charge in [0.2, 0.25) is 0 Å². The Kier molecular flexibility index (Phi) is 17.3. The van der Waals surface area contributed by atoms with Crippen LogP contribution >= 0.6 is 0 Å². The Morgan fingerprint density at radius 3 is 1.17 bits per heavy atom. The highest BCUT2D eigenvalue weighted by Gasteiger charge is 2.28. The Morgan fingerprint density at radius 2 is 0.828 bits per heavy atom. The van der Waals surface area contributed by atoms with E-state index in [1.807, 2.05) is 0 Å². The molecule has 0 amide bonds. The number of unbranched alkanes of at least 4 members (excludes halogenated alkanes) is 10. The van der Waals surface area contributed by atoms with Crippen molar-refractivity contribution < 1.29 is 28.8 Å². The molecule has 0 aliphatic rings. The Labute approximate surface area is 178 Å². The molecule has 4 unspecified atom stereocenters. The van der Waals surface area contributed by atoms with Gasteiger partial charge in [0.05, 0.1) is 35.9 Å². The molecule has 0 saturated heterocycles. The first kappa shape index (κ1) is 28.8. The maximum Gasteiger partial charge on any atom is 0.155 e. The second kappa shape index (κ2) is 17.5. The van der Waals surface area contributed by atoms with Crippen LogP contribution in [0, 0.1) is 0 Å². The summed E-state index contributed by atoms with van der Waals surface area (Å²) < 4.78 is 24.4. The summed E-state index contributed by atoms with van der Waals surface area (Å²) in [5.41, 5.74) is 0. The molecular formula is C22H46O6S.